The average molecular weight is 290 g/mol. The first-order valence-electron chi connectivity index (χ1n) is 7.78. The van der Waals surface area contributed by atoms with Crippen molar-refractivity contribution in [1.29, 1.82) is 0 Å². The van der Waals surface area contributed by atoms with Crippen molar-refractivity contribution in [2.45, 2.75) is 58.2 Å². The lowest BCUT2D eigenvalue weighted by atomic mass is 9.94. The summed E-state index contributed by atoms with van der Waals surface area (Å²) in [4.78, 5) is 14.1. The third-order valence-corrected chi connectivity index (χ3v) is 4.51. The number of aryl methyl sites for hydroxylation is 1. The van der Waals surface area contributed by atoms with Crippen LogP contribution in [0.15, 0.2) is 23.5 Å². The summed E-state index contributed by atoms with van der Waals surface area (Å²) in [6, 6.07) is 2.04. The maximum Gasteiger partial charge on any atom is 0.223 e. The molecule has 116 valence electrons. The smallest absolute Gasteiger partial charge is 0.223 e. The summed E-state index contributed by atoms with van der Waals surface area (Å²) < 4.78 is 1.98. The van der Waals surface area contributed by atoms with Gasteiger partial charge >= 0.3 is 0 Å². The molecule has 21 heavy (non-hydrogen) atoms. The van der Waals surface area contributed by atoms with Crippen LogP contribution in [-0.2, 0) is 13.1 Å². The number of rotatable bonds is 5. The molecule has 0 radical (unpaired) electrons. The van der Waals surface area contributed by atoms with Crippen molar-refractivity contribution in [3.63, 3.8) is 0 Å². The predicted molar refractivity (Wildman–Crippen MR) is 85.6 cm³/mol. The van der Waals surface area contributed by atoms with Crippen molar-refractivity contribution >= 4 is 0 Å². The molecule has 0 bridgehead atoms. The van der Waals surface area contributed by atoms with Gasteiger partial charge in [-0.3, -0.25) is 9.69 Å². The normalized spacial score (nSPS) is 16.3. The third-order valence-electron chi connectivity index (χ3n) is 4.51. The first-order chi connectivity index (χ1) is 10.0. The number of hydrogen-bond donors (Lipinski definition) is 1. The molecule has 4 nitrogen and oxygen atoms in total. The Hall–Kier alpha value is -1.55. The molecule has 0 aromatic carbocycles. The van der Waals surface area contributed by atoms with E-state index in [1.165, 1.54) is 38.2 Å². The molecule has 1 aliphatic rings. The van der Waals surface area contributed by atoms with Crippen molar-refractivity contribution in [2.75, 3.05) is 7.05 Å². The van der Waals surface area contributed by atoms with Crippen LogP contribution in [0.25, 0.3) is 0 Å². The largest absolute Gasteiger partial charge is 0.503 e. The minimum absolute atomic E-state index is 0.120. The summed E-state index contributed by atoms with van der Waals surface area (Å²) in [6.07, 6.45) is 8.06. The molecule has 1 saturated carbocycles. The molecule has 1 aromatic rings. The molecule has 0 amide bonds. The standard InChI is InChI=1S/C17H26N2O2/c1-4-10-19-13(2)11-16(20)17(21)15(19)12-18(3)14-8-6-5-7-9-14/h4,11,14,21H,1,5-10,12H2,2-3H3. The zero-order chi connectivity index (χ0) is 15.4. The fourth-order valence-corrected chi connectivity index (χ4v) is 3.25. The Morgan fingerprint density at radius 2 is 2.10 bits per heavy atom. The van der Waals surface area contributed by atoms with Crippen LogP contribution in [0.3, 0.4) is 0 Å². The van der Waals surface area contributed by atoms with Crippen molar-refractivity contribution in [3.05, 3.63) is 40.3 Å². The Balaban J connectivity index is 2.28. The zero-order valence-corrected chi connectivity index (χ0v) is 13.1. The highest BCUT2D eigenvalue weighted by Crippen LogP contribution is 2.24. The number of hydrogen-bond acceptors (Lipinski definition) is 3. The van der Waals surface area contributed by atoms with Gasteiger partial charge in [0, 0.05) is 30.9 Å². The van der Waals surface area contributed by atoms with E-state index in [1.807, 2.05) is 11.5 Å². The second-order valence-corrected chi connectivity index (χ2v) is 6.05. The minimum Gasteiger partial charge on any atom is -0.503 e. The Morgan fingerprint density at radius 1 is 1.43 bits per heavy atom. The van der Waals surface area contributed by atoms with E-state index in [1.54, 1.807) is 6.08 Å². The zero-order valence-electron chi connectivity index (χ0n) is 13.1. The van der Waals surface area contributed by atoms with Gasteiger partial charge in [-0.1, -0.05) is 25.3 Å². The summed E-state index contributed by atoms with van der Waals surface area (Å²) in [5.74, 6) is -0.120. The van der Waals surface area contributed by atoms with E-state index in [-0.39, 0.29) is 11.2 Å². The Labute approximate surface area is 126 Å². The van der Waals surface area contributed by atoms with Gasteiger partial charge < -0.3 is 9.67 Å². The highest BCUT2D eigenvalue weighted by molar-refractivity contribution is 5.30. The van der Waals surface area contributed by atoms with E-state index in [9.17, 15) is 9.90 Å². The monoisotopic (exact) mass is 290 g/mol. The van der Waals surface area contributed by atoms with Crippen LogP contribution in [0.2, 0.25) is 0 Å². The van der Waals surface area contributed by atoms with Crippen molar-refractivity contribution in [3.8, 4) is 5.75 Å². The molecule has 0 spiro atoms. The van der Waals surface area contributed by atoms with Gasteiger partial charge in [-0.2, -0.15) is 0 Å². The van der Waals surface area contributed by atoms with Crippen molar-refractivity contribution in [2.24, 2.45) is 0 Å². The molecule has 0 aliphatic heterocycles. The number of nitrogens with zero attached hydrogens (tertiary/aromatic N) is 2. The van der Waals surface area contributed by atoms with E-state index in [4.69, 9.17) is 0 Å². The fourth-order valence-electron chi connectivity index (χ4n) is 3.25. The maximum atomic E-state index is 11.9. The first kappa shape index (κ1) is 15.8. The fraction of sp³-hybridized carbons (Fsp3) is 0.588. The molecule has 1 N–H and O–H groups in total. The van der Waals surface area contributed by atoms with Gasteiger partial charge in [-0.15, -0.1) is 6.58 Å². The van der Waals surface area contributed by atoms with Crippen LogP contribution in [0, 0.1) is 6.92 Å². The second-order valence-electron chi connectivity index (χ2n) is 6.05. The molecule has 4 heteroatoms. The predicted octanol–water partition coefficient (Wildman–Crippen LogP) is 2.81. The van der Waals surface area contributed by atoms with Crippen molar-refractivity contribution < 1.29 is 5.11 Å². The topological polar surface area (TPSA) is 45.5 Å². The summed E-state index contributed by atoms with van der Waals surface area (Å²) in [5.41, 5.74) is 1.28. The molecule has 1 aromatic heterocycles. The molecule has 0 atom stereocenters. The van der Waals surface area contributed by atoms with Gasteiger partial charge in [-0.05, 0) is 26.8 Å². The van der Waals surface area contributed by atoms with Crippen LogP contribution in [-0.4, -0.2) is 27.7 Å². The molecule has 1 fully saturated rings. The van der Waals surface area contributed by atoms with Gasteiger partial charge in [0.05, 0.1) is 5.69 Å². The minimum atomic E-state index is -0.292. The molecule has 2 rings (SSSR count). The van der Waals surface area contributed by atoms with Gasteiger partial charge in [-0.25, -0.2) is 0 Å². The summed E-state index contributed by atoms with van der Waals surface area (Å²) in [7, 11) is 2.08. The summed E-state index contributed by atoms with van der Waals surface area (Å²) >= 11 is 0. The highest BCUT2D eigenvalue weighted by Gasteiger charge is 2.21. The lowest BCUT2D eigenvalue weighted by molar-refractivity contribution is 0.178. The Kier molecular flexibility index (Phi) is 5.23. The SMILES string of the molecule is C=CCn1c(C)cc(=O)c(O)c1CN(C)C1CCCCC1. The van der Waals surface area contributed by atoms with Crippen LogP contribution in [0.1, 0.15) is 43.5 Å². The number of pyridine rings is 1. The summed E-state index contributed by atoms with van der Waals surface area (Å²) in [5, 5.41) is 10.2. The van der Waals surface area contributed by atoms with Gasteiger partial charge in [0.2, 0.25) is 5.43 Å². The number of aromatic nitrogens is 1. The van der Waals surface area contributed by atoms with E-state index in [0.29, 0.717) is 24.8 Å². The van der Waals surface area contributed by atoms with Crippen LogP contribution < -0.4 is 5.43 Å². The Bertz CT molecular complexity index is 557. The molecule has 1 heterocycles. The molecular weight excluding hydrogens is 264 g/mol. The third kappa shape index (κ3) is 3.56. The average Bonchev–Trinajstić information content (AvgIpc) is 2.49. The lowest BCUT2D eigenvalue weighted by Gasteiger charge is -2.32. The van der Waals surface area contributed by atoms with Gasteiger partial charge in [0.15, 0.2) is 5.75 Å². The van der Waals surface area contributed by atoms with E-state index >= 15 is 0 Å². The van der Waals surface area contributed by atoms with E-state index in [2.05, 4.69) is 18.5 Å². The lowest BCUT2D eigenvalue weighted by Crippen LogP contribution is -2.34. The summed E-state index contributed by atoms with van der Waals surface area (Å²) in [6.45, 7) is 6.87. The molecule has 0 saturated heterocycles. The van der Waals surface area contributed by atoms with Gasteiger partial charge in [0.1, 0.15) is 0 Å². The van der Waals surface area contributed by atoms with Crippen LogP contribution >= 0.6 is 0 Å². The first-order valence-corrected chi connectivity index (χ1v) is 7.78. The molecule has 1 aliphatic carbocycles. The molecule has 0 unspecified atom stereocenters. The Morgan fingerprint density at radius 3 is 2.71 bits per heavy atom. The van der Waals surface area contributed by atoms with Crippen molar-refractivity contribution in [1.82, 2.24) is 9.47 Å². The number of allylic oxidation sites excluding steroid dienone is 1. The van der Waals surface area contributed by atoms with Crippen LogP contribution in [0.5, 0.6) is 5.75 Å². The molecular formula is C17H26N2O2. The second kappa shape index (κ2) is 6.94. The highest BCUT2D eigenvalue weighted by atomic mass is 16.3. The quantitative estimate of drug-likeness (QED) is 0.848. The maximum absolute atomic E-state index is 11.9. The van der Waals surface area contributed by atoms with Crippen LogP contribution in [0.4, 0.5) is 0 Å². The van der Waals surface area contributed by atoms with Gasteiger partial charge in [0.25, 0.3) is 0 Å². The van der Waals surface area contributed by atoms with E-state index < -0.39 is 0 Å². The van der Waals surface area contributed by atoms with E-state index in [0.717, 1.165) is 5.69 Å². The number of aromatic hydroxyl groups is 1.